The Morgan fingerprint density at radius 2 is 1.87 bits per heavy atom. The third-order valence-electron chi connectivity index (χ3n) is 6.11. The van der Waals surface area contributed by atoms with Crippen molar-refractivity contribution in [3.63, 3.8) is 0 Å². The van der Waals surface area contributed by atoms with Gasteiger partial charge in [0.15, 0.2) is 0 Å². The largest absolute Gasteiger partial charge is 0.346 e. The van der Waals surface area contributed by atoms with Crippen LogP contribution in [0.15, 0.2) is 87.2 Å². The number of nitrogens with one attached hydrogen (secondary N) is 1. The lowest BCUT2D eigenvalue weighted by Gasteiger charge is -2.30. The molecule has 31 heavy (non-hydrogen) atoms. The Hall–Kier alpha value is -2.70. The lowest BCUT2D eigenvalue weighted by atomic mass is 9.77. The van der Waals surface area contributed by atoms with Gasteiger partial charge in [-0.05, 0) is 55.1 Å². The molecule has 0 saturated heterocycles. The monoisotopic (exact) mass is 434 g/mol. The lowest BCUT2D eigenvalue weighted by molar-refractivity contribution is 0.363. The lowest BCUT2D eigenvalue weighted by Crippen LogP contribution is -2.26. The number of halogens is 5. The second kappa shape index (κ2) is 8.81. The third kappa shape index (κ3) is 4.36. The van der Waals surface area contributed by atoms with Crippen LogP contribution >= 0.6 is 0 Å². The topological polar surface area (TPSA) is 24.4 Å². The Labute approximate surface area is 178 Å². The number of allylic oxidation sites excluding steroid dienone is 10. The molecule has 1 aliphatic heterocycles. The van der Waals surface area contributed by atoms with E-state index in [0.717, 1.165) is 11.6 Å². The van der Waals surface area contributed by atoms with Crippen LogP contribution < -0.4 is 5.32 Å². The van der Waals surface area contributed by atoms with Crippen molar-refractivity contribution in [2.75, 3.05) is 13.2 Å². The molecule has 2 nitrogen and oxygen atoms in total. The molecule has 0 bridgehead atoms. The first-order valence-corrected chi connectivity index (χ1v) is 10.3. The van der Waals surface area contributed by atoms with E-state index in [1.54, 1.807) is 6.08 Å². The summed E-state index contributed by atoms with van der Waals surface area (Å²) in [6.45, 7) is 1.27. The van der Waals surface area contributed by atoms with Crippen molar-refractivity contribution in [1.29, 1.82) is 0 Å². The van der Waals surface area contributed by atoms with E-state index in [4.69, 9.17) is 0 Å². The second-order valence-electron chi connectivity index (χ2n) is 8.25. The van der Waals surface area contributed by atoms with Crippen molar-refractivity contribution in [1.82, 2.24) is 5.32 Å². The van der Waals surface area contributed by atoms with Crippen LogP contribution in [-0.2, 0) is 0 Å². The fraction of sp³-hybridized carbons (Fsp3) is 0.375. The molecule has 1 N–H and O–H groups in total. The summed E-state index contributed by atoms with van der Waals surface area (Å²) < 4.78 is 70.4. The second-order valence-corrected chi connectivity index (χ2v) is 8.25. The Morgan fingerprint density at radius 1 is 1.06 bits per heavy atom. The average Bonchev–Trinajstić information content (AvgIpc) is 2.74. The third-order valence-corrected chi connectivity index (χ3v) is 6.11. The molecule has 3 atom stereocenters. The van der Waals surface area contributed by atoms with Gasteiger partial charge in [-0.1, -0.05) is 12.2 Å². The zero-order chi connectivity index (χ0) is 22.1. The van der Waals surface area contributed by atoms with E-state index in [-0.39, 0.29) is 17.8 Å². The first-order valence-electron chi connectivity index (χ1n) is 10.3. The zero-order valence-corrected chi connectivity index (χ0v) is 17.1. The summed E-state index contributed by atoms with van der Waals surface area (Å²) in [7, 11) is 0. The Morgan fingerprint density at radius 3 is 2.48 bits per heavy atom. The molecule has 0 aromatic heterocycles. The summed E-state index contributed by atoms with van der Waals surface area (Å²) in [6, 6.07) is 0. The van der Waals surface area contributed by atoms with Gasteiger partial charge in [-0.15, -0.1) is 0 Å². The number of hydrogen-bond donors (Lipinski definition) is 1. The SMILES string of the molecule is CC1=CNC(C2=CCC(C3C=C(F)C(C4C=C(F)C(CF)=C(F)C4)=CC3)C(F)=C2)=NC1. The van der Waals surface area contributed by atoms with Gasteiger partial charge in [0.2, 0.25) is 0 Å². The molecule has 0 radical (unpaired) electrons. The van der Waals surface area contributed by atoms with Gasteiger partial charge in [-0.2, -0.15) is 0 Å². The van der Waals surface area contributed by atoms with Crippen molar-refractivity contribution < 1.29 is 22.0 Å². The van der Waals surface area contributed by atoms with Crippen molar-refractivity contribution in [3.05, 3.63) is 82.2 Å². The molecule has 1 heterocycles. The van der Waals surface area contributed by atoms with Crippen molar-refractivity contribution in [2.24, 2.45) is 22.7 Å². The minimum atomic E-state index is -1.24. The van der Waals surface area contributed by atoms with Crippen LogP contribution in [0.3, 0.4) is 0 Å². The van der Waals surface area contributed by atoms with Gasteiger partial charge >= 0.3 is 0 Å². The van der Waals surface area contributed by atoms with Gasteiger partial charge in [0.1, 0.15) is 35.8 Å². The van der Waals surface area contributed by atoms with Crippen molar-refractivity contribution in [3.8, 4) is 0 Å². The van der Waals surface area contributed by atoms with E-state index in [1.165, 1.54) is 12.2 Å². The molecule has 0 aromatic rings. The van der Waals surface area contributed by atoms with Gasteiger partial charge in [0, 0.05) is 35.6 Å². The maximum Gasteiger partial charge on any atom is 0.132 e. The molecule has 3 unspecified atom stereocenters. The molecular formula is C24H23F5N2. The minimum Gasteiger partial charge on any atom is -0.346 e. The average molecular weight is 434 g/mol. The van der Waals surface area contributed by atoms with Crippen LogP contribution in [0.25, 0.3) is 0 Å². The molecule has 3 aliphatic carbocycles. The molecule has 0 saturated carbocycles. The Kier molecular flexibility index (Phi) is 6.12. The van der Waals surface area contributed by atoms with E-state index < -0.39 is 47.5 Å². The predicted octanol–water partition coefficient (Wildman–Crippen LogP) is 6.56. The number of rotatable bonds is 4. The fourth-order valence-corrected chi connectivity index (χ4v) is 4.33. The van der Waals surface area contributed by atoms with Crippen LogP contribution in [0, 0.1) is 17.8 Å². The molecule has 0 fully saturated rings. The maximum absolute atomic E-state index is 14.9. The number of aliphatic imine (C=N–C) groups is 1. The van der Waals surface area contributed by atoms with Gasteiger partial charge < -0.3 is 5.32 Å². The van der Waals surface area contributed by atoms with Gasteiger partial charge in [-0.25, -0.2) is 22.0 Å². The number of hydrogen-bond acceptors (Lipinski definition) is 2. The molecular weight excluding hydrogens is 411 g/mol. The summed E-state index contributed by atoms with van der Waals surface area (Å²) >= 11 is 0. The van der Waals surface area contributed by atoms with E-state index >= 15 is 0 Å². The highest BCUT2D eigenvalue weighted by Gasteiger charge is 2.33. The summed E-state index contributed by atoms with van der Waals surface area (Å²) in [5.74, 6) is -3.98. The molecule has 4 rings (SSSR count). The summed E-state index contributed by atoms with van der Waals surface area (Å²) in [4.78, 5) is 4.39. The Bertz CT molecular complexity index is 1020. The highest BCUT2D eigenvalue weighted by Crippen LogP contribution is 2.43. The highest BCUT2D eigenvalue weighted by molar-refractivity contribution is 6.02. The van der Waals surface area contributed by atoms with Crippen LogP contribution in [0.2, 0.25) is 0 Å². The smallest absolute Gasteiger partial charge is 0.132 e. The summed E-state index contributed by atoms with van der Waals surface area (Å²) in [5.41, 5.74) is 1.31. The minimum absolute atomic E-state index is 0.166. The summed E-state index contributed by atoms with van der Waals surface area (Å²) in [5, 5.41) is 3.05. The van der Waals surface area contributed by atoms with Crippen molar-refractivity contribution >= 4 is 5.84 Å². The number of amidine groups is 1. The van der Waals surface area contributed by atoms with E-state index in [9.17, 15) is 22.0 Å². The van der Waals surface area contributed by atoms with Gasteiger partial charge in [0.05, 0.1) is 6.54 Å². The van der Waals surface area contributed by atoms with Crippen LogP contribution in [0.1, 0.15) is 26.2 Å². The van der Waals surface area contributed by atoms with E-state index in [2.05, 4.69) is 10.3 Å². The molecule has 164 valence electrons. The normalized spacial score (nSPS) is 29.1. The molecule has 0 spiro atoms. The molecule has 4 aliphatic rings. The maximum atomic E-state index is 14.9. The number of nitrogens with zero attached hydrogens (tertiary/aromatic N) is 1. The van der Waals surface area contributed by atoms with E-state index in [0.29, 0.717) is 30.8 Å². The predicted molar refractivity (Wildman–Crippen MR) is 111 cm³/mol. The van der Waals surface area contributed by atoms with Crippen LogP contribution in [0.4, 0.5) is 22.0 Å². The number of alkyl halides is 1. The zero-order valence-electron chi connectivity index (χ0n) is 17.1. The van der Waals surface area contributed by atoms with Gasteiger partial charge in [0.25, 0.3) is 0 Å². The molecule has 7 heteroatoms. The first-order chi connectivity index (χ1) is 14.9. The standard InChI is InChI=1S/C24H23F5N2/c1-13-11-30-24(31-12-13)15-3-5-17(21(27)7-15)14-2-4-18(20(26)6-14)16-8-22(28)19(10-25)23(29)9-16/h3-4,6-8,11,14,16-17H,2,5,9-10,12H2,1H3,(H,30,31). The van der Waals surface area contributed by atoms with Crippen LogP contribution in [-0.4, -0.2) is 19.1 Å². The quantitative estimate of drug-likeness (QED) is 0.498. The van der Waals surface area contributed by atoms with Crippen molar-refractivity contribution in [2.45, 2.75) is 26.2 Å². The fourth-order valence-electron chi connectivity index (χ4n) is 4.33. The van der Waals surface area contributed by atoms with Gasteiger partial charge in [-0.3, -0.25) is 4.99 Å². The van der Waals surface area contributed by atoms with E-state index in [1.807, 2.05) is 19.2 Å². The van der Waals surface area contributed by atoms with Crippen LogP contribution in [0.5, 0.6) is 0 Å². The molecule has 0 amide bonds. The molecule has 0 aromatic carbocycles. The first kappa shape index (κ1) is 21.5. The Balaban J connectivity index is 1.45. The summed E-state index contributed by atoms with van der Waals surface area (Å²) in [6.07, 6.45) is 9.60. The highest BCUT2D eigenvalue weighted by atomic mass is 19.2.